The summed E-state index contributed by atoms with van der Waals surface area (Å²) in [6, 6.07) is 0. The summed E-state index contributed by atoms with van der Waals surface area (Å²) in [5.41, 5.74) is 5.31. The second-order valence-electron chi connectivity index (χ2n) is 3.26. The first-order chi connectivity index (χ1) is 6.70. The average Bonchev–Trinajstić information content (AvgIpc) is 2.12. The van der Waals surface area contributed by atoms with E-state index in [1.165, 1.54) is 0 Å². The van der Waals surface area contributed by atoms with Crippen molar-refractivity contribution >= 4 is 0 Å². The van der Waals surface area contributed by atoms with Crippen LogP contribution in [-0.4, -0.2) is 49.2 Å². The van der Waals surface area contributed by atoms with Crippen molar-refractivity contribution in [3.63, 3.8) is 0 Å². The van der Waals surface area contributed by atoms with E-state index < -0.39 is 6.43 Å². The second kappa shape index (κ2) is 9.30. The monoisotopic (exact) mass is 210 g/mol. The van der Waals surface area contributed by atoms with Crippen LogP contribution in [-0.2, 0) is 0 Å². The maximum Gasteiger partial charge on any atom is 0.251 e. The second-order valence-corrected chi connectivity index (χ2v) is 3.26. The maximum atomic E-state index is 12.0. The summed E-state index contributed by atoms with van der Waals surface area (Å²) in [6.07, 6.45) is 0.434. The van der Waals surface area contributed by atoms with Gasteiger partial charge >= 0.3 is 0 Å². The van der Waals surface area contributed by atoms with E-state index in [9.17, 15) is 8.78 Å². The summed E-state index contributed by atoms with van der Waals surface area (Å²) in [6.45, 7) is 1.28. The molecule has 0 fully saturated rings. The lowest BCUT2D eigenvalue weighted by Crippen LogP contribution is -2.32. The molecule has 0 atom stereocenters. The van der Waals surface area contributed by atoms with Crippen molar-refractivity contribution in [2.24, 2.45) is 5.73 Å². The molecule has 0 rings (SSSR count). The van der Waals surface area contributed by atoms with E-state index in [0.717, 1.165) is 19.3 Å². The van der Waals surface area contributed by atoms with E-state index in [4.69, 9.17) is 10.8 Å². The van der Waals surface area contributed by atoms with Gasteiger partial charge in [-0.05, 0) is 25.9 Å². The SMILES string of the molecule is NCCCCCN(CCO)CC(F)F. The average molecular weight is 210 g/mol. The van der Waals surface area contributed by atoms with Crippen molar-refractivity contribution in [3.05, 3.63) is 0 Å². The molecule has 0 aromatic heterocycles. The third-order valence-electron chi connectivity index (χ3n) is 1.99. The van der Waals surface area contributed by atoms with Crippen molar-refractivity contribution in [3.8, 4) is 0 Å². The van der Waals surface area contributed by atoms with Crippen LogP contribution in [0, 0.1) is 0 Å². The minimum absolute atomic E-state index is 0.0659. The number of nitrogens with zero attached hydrogens (tertiary/aromatic N) is 1. The van der Waals surface area contributed by atoms with E-state index in [2.05, 4.69) is 0 Å². The Morgan fingerprint density at radius 3 is 2.36 bits per heavy atom. The van der Waals surface area contributed by atoms with Gasteiger partial charge in [0.15, 0.2) is 0 Å². The minimum Gasteiger partial charge on any atom is -0.395 e. The van der Waals surface area contributed by atoms with Gasteiger partial charge < -0.3 is 10.8 Å². The van der Waals surface area contributed by atoms with E-state index in [-0.39, 0.29) is 13.2 Å². The predicted molar refractivity (Wildman–Crippen MR) is 52.4 cm³/mol. The molecule has 0 saturated carbocycles. The van der Waals surface area contributed by atoms with Crippen LogP contribution in [0.4, 0.5) is 8.78 Å². The van der Waals surface area contributed by atoms with Crippen LogP contribution in [0.3, 0.4) is 0 Å². The quantitative estimate of drug-likeness (QED) is 0.550. The van der Waals surface area contributed by atoms with Gasteiger partial charge in [-0.25, -0.2) is 8.78 Å². The Kier molecular flexibility index (Phi) is 9.13. The molecule has 3 N–H and O–H groups in total. The molecule has 0 radical (unpaired) electrons. The van der Waals surface area contributed by atoms with Gasteiger partial charge in [0.25, 0.3) is 6.43 Å². The summed E-state index contributed by atoms with van der Waals surface area (Å²) >= 11 is 0. The zero-order valence-corrected chi connectivity index (χ0v) is 8.46. The van der Waals surface area contributed by atoms with Crippen molar-refractivity contribution < 1.29 is 13.9 Å². The zero-order valence-electron chi connectivity index (χ0n) is 8.46. The predicted octanol–water partition coefficient (Wildman–Crippen LogP) is 0.675. The van der Waals surface area contributed by atoms with Crippen LogP contribution in [0.1, 0.15) is 19.3 Å². The Balaban J connectivity index is 3.51. The largest absolute Gasteiger partial charge is 0.395 e. The normalized spacial score (nSPS) is 11.6. The van der Waals surface area contributed by atoms with Crippen LogP contribution >= 0.6 is 0 Å². The number of hydrogen-bond acceptors (Lipinski definition) is 3. The minimum atomic E-state index is -2.32. The molecular weight excluding hydrogens is 190 g/mol. The third kappa shape index (κ3) is 8.34. The molecule has 0 bridgehead atoms. The standard InChI is InChI=1S/C9H20F2N2O/c10-9(11)8-13(6-7-14)5-3-1-2-4-12/h9,14H,1-8,12H2. The van der Waals surface area contributed by atoms with Gasteiger partial charge in [0, 0.05) is 6.54 Å². The molecule has 86 valence electrons. The highest BCUT2D eigenvalue weighted by atomic mass is 19.3. The molecule has 0 spiro atoms. The van der Waals surface area contributed by atoms with E-state index in [0.29, 0.717) is 19.6 Å². The van der Waals surface area contributed by atoms with Gasteiger partial charge in [-0.2, -0.15) is 0 Å². The zero-order chi connectivity index (χ0) is 10.8. The fraction of sp³-hybridized carbons (Fsp3) is 1.00. The summed E-state index contributed by atoms with van der Waals surface area (Å²) in [4.78, 5) is 1.58. The Hall–Kier alpha value is -0.260. The first-order valence-corrected chi connectivity index (χ1v) is 5.02. The summed E-state index contributed by atoms with van der Waals surface area (Å²) < 4.78 is 24.1. The molecule has 0 aliphatic carbocycles. The number of hydrogen-bond donors (Lipinski definition) is 2. The van der Waals surface area contributed by atoms with Gasteiger partial charge in [-0.1, -0.05) is 6.42 Å². The molecule has 0 saturated heterocycles. The van der Waals surface area contributed by atoms with Gasteiger partial charge in [0.05, 0.1) is 13.2 Å². The number of aliphatic hydroxyl groups is 1. The Bertz CT molecular complexity index is 125. The van der Waals surface area contributed by atoms with Crippen molar-refractivity contribution in [1.82, 2.24) is 4.90 Å². The topological polar surface area (TPSA) is 49.5 Å². The molecule has 0 unspecified atom stereocenters. The fourth-order valence-electron chi connectivity index (χ4n) is 1.29. The first kappa shape index (κ1) is 13.7. The lowest BCUT2D eigenvalue weighted by Gasteiger charge is -2.20. The molecule has 0 amide bonds. The Labute approximate surface area is 83.9 Å². The molecule has 0 aliphatic heterocycles. The molecular formula is C9H20F2N2O. The van der Waals surface area contributed by atoms with Crippen LogP contribution in [0.5, 0.6) is 0 Å². The smallest absolute Gasteiger partial charge is 0.251 e. The number of nitrogens with two attached hydrogens (primary N) is 1. The molecule has 0 aliphatic rings. The summed E-state index contributed by atoms with van der Waals surface area (Å²) in [5.74, 6) is 0. The van der Waals surface area contributed by atoms with E-state index in [1.54, 1.807) is 4.90 Å². The number of aliphatic hydroxyl groups excluding tert-OH is 1. The first-order valence-electron chi connectivity index (χ1n) is 5.02. The highest BCUT2D eigenvalue weighted by molar-refractivity contribution is 4.59. The maximum absolute atomic E-state index is 12.0. The summed E-state index contributed by atoms with van der Waals surface area (Å²) in [7, 11) is 0. The molecule has 0 aromatic rings. The molecule has 0 aromatic carbocycles. The van der Waals surface area contributed by atoms with Gasteiger partial charge in [-0.15, -0.1) is 0 Å². The van der Waals surface area contributed by atoms with Crippen molar-refractivity contribution in [2.45, 2.75) is 25.7 Å². The number of unbranched alkanes of at least 4 members (excludes halogenated alkanes) is 2. The lowest BCUT2D eigenvalue weighted by atomic mass is 10.2. The van der Waals surface area contributed by atoms with Gasteiger partial charge in [-0.3, -0.25) is 4.90 Å². The molecule has 0 heterocycles. The van der Waals surface area contributed by atoms with Crippen molar-refractivity contribution in [1.29, 1.82) is 0 Å². The van der Waals surface area contributed by atoms with Crippen LogP contribution in [0.15, 0.2) is 0 Å². The van der Waals surface area contributed by atoms with Crippen LogP contribution in [0.2, 0.25) is 0 Å². The lowest BCUT2D eigenvalue weighted by molar-refractivity contribution is 0.0774. The highest BCUT2D eigenvalue weighted by Crippen LogP contribution is 2.02. The Morgan fingerprint density at radius 2 is 1.86 bits per heavy atom. The number of rotatable bonds is 9. The van der Waals surface area contributed by atoms with Gasteiger partial charge in [0.1, 0.15) is 0 Å². The fourth-order valence-corrected chi connectivity index (χ4v) is 1.29. The van der Waals surface area contributed by atoms with Crippen LogP contribution < -0.4 is 5.73 Å². The highest BCUT2D eigenvalue weighted by Gasteiger charge is 2.10. The van der Waals surface area contributed by atoms with Crippen LogP contribution in [0.25, 0.3) is 0 Å². The molecule has 14 heavy (non-hydrogen) atoms. The molecule has 3 nitrogen and oxygen atoms in total. The van der Waals surface area contributed by atoms with Gasteiger partial charge in [0.2, 0.25) is 0 Å². The van der Waals surface area contributed by atoms with E-state index in [1.807, 2.05) is 0 Å². The number of halogens is 2. The van der Waals surface area contributed by atoms with E-state index >= 15 is 0 Å². The van der Waals surface area contributed by atoms with Crippen molar-refractivity contribution in [2.75, 3.05) is 32.8 Å². The Morgan fingerprint density at radius 1 is 1.14 bits per heavy atom. The summed E-state index contributed by atoms with van der Waals surface area (Å²) in [5, 5.41) is 8.65. The number of alkyl halides is 2. The molecule has 5 heteroatoms. The third-order valence-corrected chi connectivity index (χ3v) is 1.99.